The van der Waals surface area contributed by atoms with Crippen molar-refractivity contribution in [1.82, 2.24) is 25.2 Å². The molecule has 6 nitrogen and oxygen atoms in total. The maximum absolute atomic E-state index is 4.51. The number of hydrogen-bond acceptors (Lipinski definition) is 6. The molecule has 3 aromatic rings. The van der Waals surface area contributed by atoms with Gasteiger partial charge in [-0.3, -0.25) is 0 Å². The van der Waals surface area contributed by atoms with E-state index in [4.69, 9.17) is 0 Å². The summed E-state index contributed by atoms with van der Waals surface area (Å²) in [6.07, 6.45) is 0. The summed E-state index contributed by atoms with van der Waals surface area (Å²) < 4.78 is 1.71. The second-order valence-electron chi connectivity index (χ2n) is 4.85. The van der Waals surface area contributed by atoms with E-state index in [1.807, 2.05) is 38.1 Å². The first-order valence-electron chi connectivity index (χ1n) is 6.67. The van der Waals surface area contributed by atoms with E-state index in [2.05, 4.69) is 38.1 Å². The van der Waals surface area contributed by atoms with Crippen LogP contribution >= 0.6 is 11.3 Å². The molecule has 0 radical (unpaired) electrons. The van der Waals surface area contributed by atoms with Crippen LogP contribution in [-0.4, -0.2) is 25.2 Å². The number of thiazole rings is 1. The number of aryl methyl sites for hydroxylation is 2. The molecule has 0 aliphatic heterocycles. The van der Waals surface area contributed by atoms with Gasteiger partial charge >= 0.3 is 0 Å². The van der Waals surface area contributed by atoms with Gasteiger partial charge in [0.2, 0.25) is 0 Å². The Morgan fingerprint density at radius 2 is 2.14 bits per heavy atom. The molecule has 0 amide bonds. The van der Waals surface area contributed by atoms with Gasteiger partial charge in [0, 0.05) is 11.1 Å². The summed E-state index contributed by atoms with van der Waals surface area (Å²) in [6, 6.07) is 8.17. The highest BCUT2D eigenvalue weighted by Crippen LogP contribution is 2.22. The van der Waals surface area contributed by atoms with Crippen LogP contribution in [0.1, 0.15) is 29.5 Å². The van der Waals surface area contributed by atoms with Gasteiger partial charge < -0.3 is 5.32 Å². The van der Waals surface area contributed by atoms with Crippen LogP contribution in [-0.2, 0) is 0 Å². The molecule has 3 rings (SSSR count). The van der Waals surface area contributed by atoms with Crippen molar-refractivity contribution in [2.45, 2.75) is 26.8 Å². The zero-order chi connectivity index (χ0) is 14.8. The Morgan fingerprint density at radius 1 is 1.29 bits per heavy atom. The monoisotopic (exact) mass is 300 g/mol. The number of anilines is 1. The third-order valence-corrected chi connectivity index (χ3v) is 3.97. The Labute approximate surface area is 126 Å². The van der Waals surface area contributed by atoms with Gasteiger partial charge in [-0.1, -0.05) is 6.07 Å². The van der Waals surface area contributed by atoms with Gasteiger partial charge in [-0.25, -0.2) is 4.98 Å². The molecule has 0 spiro atoms. The SMILES string of the molecule is Cc1nc(C(C)Nc2cccc(-n3nnnc3C)c2)cs1. The quantitative estimate of drug-likeness (QED) is 0.802. The Bertz CT molecular complexity index is 747. The molecule has 0 saturated heterocycles. The Morgan fingerprint density at radius 3 is 2.81 bits per heavy atom. The third kappa shape index (κ3) is 2.92. The molecular weight excluding hydrogens is 284 g/mol. The summed E-state index contributed by atoms with van der Waals surface area (Å²) in [7, 11) is 0. The van der Waals surface area contributed by atoms with Gasteiger partial charge in [0.05, 0.1) is 22.4 Å². The van der Waals surface area contributed by atoms with Crippen LogP contribution in [0.5, 0.6) is 0 Å². The summed E-state index contributed by atoms with van der Waals surface area (Å²) in [5.74, 6) is 0.760. The van der Waals surface area contributed by atoms with Crippen molar-refractivity contribution in [3.05, 3.63) is 46.2 Å². The molecule has 0 aliphatic rings. The zero-order valence-electron chi connectivity index (χ0n) is 12.1. The minimum absolute atomic E-state index is 0.153. The lowest BCUT2D eigenvalue weighted by atomic mass is 10.2. The van der Waals surface area contributed by atoms with Crippen LogP contribution in [0.2, 0.25) is 0 Å². The van der Waals surface area contributed by atoms with Crippen molar-refractivity contribution in [2.75, 3.05) is 5.32 Å². The second kappa shape index (κ2) is 5.61. The highest BCUT2D eigenvalue weighted by Gasteiger charge is 2.10. The van der Waals surface area contributed by atoms with E-state index >= 15 is 0 Å². The fourth-order valence-corrected chi connectivity index (χ4v) is 2.81. The summed E-state index contributed by atoms with van der Waals surface area (Å²) >= 11 is 1.66. The van der Waals surface area contributed by atoms with E-state index in [0.29, 0.717) is 0 Å². The minimum Gasteiger partial charge on any atom is -0.377 e. The van der Waals surface area contributed by atoms with Crippen molar-refractivity contribution < 1.29 is 0 Å². The Hall–Kier alpha value is -2.28. The van der Waals surface area contributed by atoms with Crippen LogP contribution < -0.4 is 5.32 Å². The normalized spacial score (nSPS) is 12.3. The second-order valence-corrected chi connectivity index (χ2v) is 5.91. The topological polar surface area (TPSA) is 68.5 Å². The third-order valence-electron chi connectivity index (χ3n) is 3.18. The standard InChI is InChI=1S/C14H16N6S/c1-9(14-8-21-11(3)16-14)15-12-5-4-6-13(7-12)20-10(2)17-18-19-20/h4-9,15H,1-3H3. The van der Waals surface area contributed by atoms with Crippen LogP contribution in [0.15, 0.2) is 29.6 Å². The molecule has 2 aromatic heterocycles. The predicted molar refractivity (Wildman–Crippen MR) is 82.8 cm³/mol. The number of benzene rings is 1. The van der Waals surface area contributed by atoms with Crippen LogP contribution in [0.25, 0.3) is 5.69 Å². The zero-order valence-corrected chi connectivity index (χ0v) is 12.9. The molecule has 1 N–H and O–H groups in total. The van der Waals surface area contributed by atoms with Gasteiger partial charge in [0.1, 0.15) is 0 Å². The molecule has 0 fully saturated rings. The highest BCUT2D eigenvalue weighted by atomic mass is 32.1. The number of nitrogens with one attached hydrogen (secondary N) is 1. The van der Waals surface area contributed by atoms with E-state index in [9.17, 15) is 0 Å². The summed E-state index contributed by atoms with van der Waals surface area (Å²) in [4.78, 5) is 4.51. The lowest BCUT2D eigenvalue weighted by molar-refractivity contribution is 0.778. The van der Waals surface area contributed by atoms with Gasteiger partial charge in [0.15, 0.2) is 5.82 Å². The number of hydrogen-bond donors (Lipinski definition) is 1. The molecule has 1 atom stereocenters. The van der Waals surface area contributed by atoms with Gasteiger partial charge in [-0.15, -0.1) is 16.4 Å². The largest absolute Gasteiger partial charge is 0.377 e. The summed E-state index contributed by atoms with van der Waals surface area (Å²) in [6.45, 7) is 5.99. The first-order valence-corrected chi connectivity index (χ1v) is 7.55. The number of tetrazole rings is 1. The van der Waals surface area contributed by atoms with E-state index in [1.54, 1.807) is 16.0 Å². The van der Waals surface area contributed by atoms with Crippen molar-refractivity contribution in [1.29, 1.82) is 0 Å². The maximum Gasteiger partial charge on any atom is 0.153 e. The number of rotatable bonds is 4. The smallest absolute Gasteiger partial charge is 0.153 e. The Kier molecular flexibility index (Phi) is 3.66. The molecule has 0 bridgehead atoms. The lowest BCUT2D eigenvalue weighted by Crippen LogP contribution is -2.08. The van der Waals surface area contributed by atoms with E-state index in [0.717, 1.165) is 27.9 Å². The maximum atomic E-state index is 4.51. The minimum atomic E-state index is 0.153. The summed E-state index contributed by atoms with van der Waals surface area (Å²) in [5, 5.41) is 18.2. The van der Waals surface area contributed by atoms with Crippen molar-refractivity contribution >= 4 is 17.0 Å². The van der Waals surface area contributed by atoms with Crippen molar-refractivity contribution in [3.8, 4) is 5.69 Å². The molecule has 0 saturated carbocycles. The van der Waals surface area contributed by atoms with E-state index < -0.39 is 0 Å². The fourth-order valence-electron chi connectivity index (χ4n) is 2.10. The molecule has 0 aliphatic carbocycles. The van der Waals surface area contributed by atoms with Gasteiger partial charge in [-0.2, -0.15) is 4.68 Å². The van der Waals surface area contributed by atoms with E-state index in [-0.39, 0.29) is 6.04 Å². The molecule has 1 aromatic carbocycles. The average Bonchev–Trinajstić information content (AvgIpc) is 3.08. The van der Waals surface area contributed by atoms with Gasteiger partial charge in [0.25, 0.3) is 0 Å². The first-order chi connectivity index (χ1) is 10.1. The highest BCUT2D eigenvalue weighted by molar-refractivity contribution is 7.09. The molecule has 108 valence electrons. The molecule has 7 heteroatoms. The number of aromatic nitrogens is 5. The van der Waals surface area contributed by atoms with Crippen molar-refractivity contribution in [3.63, 3.8) is 0 Å². The average molecular weight is 300 g/mol. The molecule has 21 heavy (non-hydrogen) atoms. The van der Waals surface area contributed by atoms with Gasteiger partial charge in [-0.05, 0) is 49.4 Å². The molecule has 1 unspecified atom stereocenters. The predicted octanol–water partition coefficient (Wildman–Crippen LogP) is 2.91. The lowest BCUT2D eigenvalue weighted by Gasteiger charge is -2.14. The Balaban J connectivity index is 1.82. The van der Waals surface area contributed by atoms with Crippen LogP contribution in [0.3, 0.4) is 0 Å². The van der Waals surface area contributed by atoms with Crippen LogP contribution in [0, 0.1) is 13.8 Å². The van der Waals surface area contributed by atoms with Crippen molar-refractivity contribution in [2.24, 2.45) is 0 Å². The molecule has 2 heterocycles. The first kappa shape index (κ1) is 13.7. The van der Waals surface area contributed by atoms with Crippen LogP contribution in [0.4, 0.5) is 5.69 Å². The number of nitrogens with zero attached hydrogens (tertiary/aromatic N) is 5. The fraction of sp³-hybridized carbons (Fsp3) is 0.286. The summed E-state index contributed by atoms with van der Waals surface area (Å²) in [5.41, 5.74) is 3.01. The molecular formula is C14H16N6S. The van der Waals surface area contributed by atoms with E-state index in [1.165, 1.54) is 0 Å².